The maximum absolute atomic E-state index is 11.5. The minimum atomic E-state index is -0.102. The lowest BCUT2D eigenvalue weighted by molar-refractivity contribution is -0.142. The number of carbonyl (C=O) groups is 1. The number of rotatable bonds is 4. The van der Waals surface area contributed by atoms with Gasteiger partial charge in [0.05, 0.1) is 12.1 Å². The zero-order chi connectivity index (χ0) is 11.5. The van der Waals surface area contributed by atoms with Crippen molar-refractivity contribution in [1.29, 1.82) is 0 Å². The summed E-state index contributed by atoms with van der Waals surface area (Å²) < 4.78 is 10.7. The van der Waals surface area contributed by atoms with Gasteiger partial charge in [-0.15, -0.1) is 0 Å². The Balaban J connectivity index is 1.79. The number of carbonyl (C=O) groups excluding carboxylic acids is 1. The minimum Gasteiger partial charge on any atom is -0.376 e. The van der Waals surface area contributed by atoms with Gasteiger partial charge < -0.3 is 20.5 Å². The molecule has 1 aliphatic heterocycles. The van der Waals surface area contributed by atoms with E-state index in [1.807, 2.05) is 6.92 Å². The summed E-state index contributed by atoms with van der Waals surface area (Å²) in [4.78, 5) is 11.5. The van der Waals surface area contributed by atoms with E-state index in [0.29, 0.717) is 12.5 Å². The van der Waals surface area contributed by atoms with Gasteiger partial charge in [0.15, 0.2) is 0 Å². The molecule has 2 fully saturated rings. The Morgan fingerprint density at radius 3 is 3.19 bits per heavy atom. The molecule has 0 bridgehead atoms. The number of hydrogen-bond donors (Lipinski definition) is 2. The second-order valence-electron chi connectivity index (χ2n) is 4.45. The van der Waals surface area contributed by atoms with Crippen LogP contribution in [0.2, 0.25) is 0 Å². The highest BCUT2D eigenvalue weighted by Crippen LogP contribution is 2.36. The molecule has 1 aliphatic carbocycles. The molecule has 0 spiro atoms. The van der Waals surface area contributed by atoms with Gasteiger partial charge in [-0.05, 0) is 19.8 Å². The third-order valence-corrected chi connectivity index (χ3v) is 3.44. The summed E-state index contributed by atoms with van der Waals surface area (Å²) in [6, 6.07) is 0.00846. The fourth-order valence-corrected chi connectivity index (χ4v) is 2.55. The predicted octanol–water partition coefficient (Wildman–Crippen LogP) is -0.356. The van der Waals surface area contributed by atoms with Gasteiger partial charge in [-0.2, -0.15) is 0 Å². The van der Waals surface area contributed by atoms with Crippen molar-refractivity contribution < 1.29 is 14.3 Å². The van der Waals surface area contributed by atoms with E-state index in [0.717, 1.165) is 19.4 Å². The van der Waals surface area contributed by atoms with E-state index >= 15 is 0 Å². The Hall–Kier alpha value is -0.650. The maximum Gasteiger partial charge on any atom is 0.246 e. The molecular weight excluding hydrogens is 208 g/mol. The molecule has 0 aromatic carbocycles. The van der Waals surface area contributed by atoms with Crippen molar-refractivity contribution in [2.75, 3.05) is 19.8 Å². The van der Waals surface area contributed by atoms with Crippen LogP contribution in [0.3, 0.4) is 0 Å². The van der Waals surface area contributed by atoms with Crippen LogP contribution in [0, 0.1) is 5.92 Å². The normalized spacial score (nSPS) is 37.4. The standard InChI is InChI=1S/C11H20N2O3/c1-2-15-6-8(14)13-10-9(12)7-4-3-5-16-11(7)10/h7,9-11H,2-6,12H2,1H3,(H,13,14). The number of nitrogens with two attached hydrogens (primary N) is 1. The smallest absolute Gasteiger partial charge is 0.246 e. The zero-order valence-electron chi connectivity index (χ0n) is 9.65. The Kier molecular flexibility index (Phi) is 3.78. The van der Waals surface area contributed by atoms with E-state index in [2.05, 4.69) is 5.32 Å². The van der Waals surface area contributed by atoms with E-state index in [9.17, 15) is 4.79 Å². The van der Waals surface area contributed by atoms with Crippen LogP contribution >= 0.6 is 0 Å². The lowest BCUT2D eigenvalue weighted by Crippen LogP contribution is -2.72. The molecule has 0 aromatic heterocycles. The van der Waals surface area contributed by atoms with Crippen molar-refractivity contribution in [2.45, 2.75) is 38.0 Å². The highest BCUT2D eigenvalue weighted by atomic mass is 16.5. The molecule has 0 radical (unpaired) electrons. The first-order valence-electron chi connectivity index (χ1n) is 5.98. The summed E-state index contributed by atoms with van der Waals surface area (Å²) in [5.74, 6) is 0.320. The Bertz CT molecular complexity index is 260. The lowest BCUT2D eigenvalue weighted by atomic mass is 9.68. The Morgan fingerprint density at radius 2 is 2.44 bits per heavy atom. The van der Waals surface area contributed by atoms with Gasteiger partial charge in [-0.25, -0.2) is 0 Å². The minimum absolute atomic E-state index is 0.0294. The molecule has 4 unspecified atom stereocenters. The summed E-state index contributed by atoms with van der Waals surface area (Å²) in [7, 11) is 0. The third kappa shape index (κ3) is 2.21. The van der Waals surface area contributed by atoms with Crippen molar-refractivity contribution in [2.24, 2.45) is 11.7 Å². The Labute approximate surface area is 95.7 Å². The van der Waals surface area contributed by atoms with E-state index in [1.165, 1.54) is 0 Å². The largest absolute Gasteiger partial charge is 0.376 e. The van der Waals surface area contributed by atoms with Crippen molar-refractivity contribution in [3.63, 3.8) is 0 Å². The molecule has 5 heteroatoms. The van der Waals surface area contributed by atoms with Crippen LogP contribution in [0.5, 0.6) is 0 Å². The topological polar surface area (TPSA) is 73.6 Å². The van der Waals surface area contributed by atoms with Crippen LogP contribution in [0.1, 0.15) is 19.8 Å². The average Bonchev–Trinajstić information content (AvgIpc) is 2.33. The van der Waals surface area contributed by atoms with E-state index in [1.54, 1.807) is 0 Å². The number of hydrogen-bond acceptors (Lipinski definition) is 4. The molecule has 1 heterocycles. The SMILES string of the molecule is CCOCC(=O)NC1C(N)C2CCCOC21. The highest BCUT2D eigenvalue weighted by molar-refractivity contribution is 5.77. The van der Waals surface area contributed by atoms with Crippen molar-refractivity contribution in [1.82, 2.24) is 5.32 Å². The Morgan fingerprint density at radius 1 is 1.62 bits per heavy atom. The molecule has 92 valence electrons. The number of fused-ring (bicyclic) bond motifs is 1. The first kappa shape index (κ1) is 11.8. The second kappa shape index (κ2) is 5.12. The van der Waals surface area contributed by atoms with Gasteiger partial charge in [-0.3, -0.25) is 4.79 Å². The monoisotopic (exact) mass is 228 g/mol. The van der Waals surface area contributed by atoms with E-state index in [-0.39, 0.29) is 30.7 Å². The van der Waals surface area contributed by atoms with Crippen molar-refractivity contribution in [3.05, 3.63) is 0 Å². The zero-order valence-corrected chi connectivity index (χ0v) is 9.65. The molecule has 2 aliphatic rings. The highest BCUT2D eigenvalue weighted by Gasteiger charge is 2.50. The molecular formula is C11H20N2O3. The van der Waals surface area contributed by atoms with Gasteiger partial charge >= 0.3 is 0 Å². The molecule has 2 rings (SSSR count). The fraction of sp³-hybridized carbons (Fsp3) is 0.909. The van der Waals surface area contributed by atoms with E-state index in [4.69, 9.17) is 15.2 Å². The fourth-order valence-electron chi connectivity index (χ4n) is 2.55. The number of ether oxygens (including phenoxy) is 2. The van der Waals surface area contributed by atoms with Gasteiger partial charge in [0.25, 0.3) is 0 Å². The molecule has 1 amide bonds. The lowest BCUT2D eigenvalue weighted by Gasteiger charge is -2.52. The molecule has 5 nitrogen and oxygen atoms in total. The third-order valence-electron chi connectivity index (χ3n) is 3.44. The van der Waals surface area contributed by atoms with Crippen LogP contribution in [0.15, 0.2) is 0 Å². The van der Waals surface area contributed by atoms with Crippen LogP contribution in [-0.2, 0) is 14.3 Å². The molecule has 0 aromatic rings. The van der Waals surface area contributed by atoms with Gasteiger partial charge in [0.2, 0.25) is 5.91 Å². The molecule has 1 saturated heterocycles. The van der Waals surface area contributed by atoms with Crippen molar-refractivity contribution in [3.8, 4) is 0 Å². The molecule has 1 saturated carbocycles. The maximum atomic E-state index is 11.5. The predicted molar refractivity (Wildman–Crippen MR) is 58.9 cm³/mol. The summed E-state index contributed by atoms with van der Waals surface area (Å²) in [6.45, 7) is 3.30. The summed E-state index contributed by atoms with van der Waals surface area (Å²) >= 11 is 0. The van der Waals surface area contributed by atoms with E-state index < -0.39 is 0 Å². The first-order chi connectivity index (χ1) is 7.74. The van der Waals surface area contributed by atoms with Crippen LogP contribution < -0.4 is 11.1 Å². The average molecular weight is 228 g/mol. The quantitative estimate of drug-likeness (QED) is 0.689. The van der Waals surface area contributed by atoms with Crippen LogP contribution in [-0.4, -0.2) is 43.9 Å². The van der Waals surface area contributed by atoms with Crippen molar-refractivity contribution >= 4 is 5.91 Å². The van der Waals surface area contributed by atoms with Gasteiger partial charge in [0, 0.05) is 25.2 Å². The number of nitrogens with one attached hydrogen (secondary N) is 1. The molecule has 4 atom stereocenters. The van der Waals surface area contributed by atoms with Gasteiger partial charge in [-0.1, -0.05) is 0 Å². The first-order valence-corrected chi connectivity index (χ1v) is 5.98. The van der Waals surface area contributed by atoms with Gasteiger partial charge in [0.1, 0.15) is 6.61 Å². The number of amides is 1. The summed E-state index contributed by atoms with van der Waals surface area (Å²) in [5.41, 5.74) is 6.02. The summed E-state index contributed by atoms with van der Waals surface area (Å²) in [5, 5.41) is 2.89. The summed E-state index contributed by atoms with van der Waals surface area (Å²) in [6.07, 6.45) is 2.31. The molecule has 16 heavy (non-hydrogen) atoms. The second-order valence-corrected chi connectivity index (χ2v) is 4.45. The van der Waals surface area contributed by atoms with Crippen LogP contribution in [0.25, 0.3) is 0 Å². The van der Waals surface area contributed by atoms with Crippen LogP contribution in [0.4, 0.5) is 0 Å². The molecule has 3 N–H and O–H groups in total.